The Morgan fingerprint density at radius 2 is 2.55 bits per heavy atom. The van der Waals surface area contributed by atoms with Gasteiger partial charge >= 0.3 is 0 Å². The van der Waals surface area contributed by atoms with Gasteiger partial charge in [-0.1, -0.05) is 12.2 Å². The predicted molar refractivity (Wildman–Crippen MR) is 46.5 cm³/mol. The Morgan fingerprint density at radius 3 is 3.36 bits per heavy atom. The van der Waals surface area contributed by atoms with E-state index in [1.54, 1.807) is 0 Å². The highest BCUT2D eigenvalue weighted by molar-refractivity contribution is 5.62. The standard InChI is InChI=1S/C9H14N2/c1-7-3-2-4-8-5-10-11-6-9(7)8/h5,8-9,11H,1-4,6H2/t8-,9?/m1/s1. The quantitative estimate of drug-likeness (QED) is 0.520. The lowest BCUT2D eigenvalue weighted by Gasteiger charge is -2.33. The highest BCUT2D eigenvalue weighted by Gasteiger charge is 2.27. The lowest BCUT2D eigenvalue weighted by molar-refractivity contribution is 0.356. The van der Waals surface area contributed by atoms with Crippen molar-refractivity contribution in [3.63, 3.8) is 0 Å². The van der Waals surface area contributed by atoms with Gasteiger partial charge in [-0.05, 0) is 19.3 Å². The molecule has 0 aromatic carbocycles. The summed E-state index contributed by atoms with van der Waals surface area (Å²) in [7, 11) is 0. The van der Waals surface area contributed by atoms with Crippen LogP contribution in [0.15, 0.2) is 17.3 Å². The number of nitrogens with zero attached hydrogens (tertiary/aromatic N) is 1. The third-order valence-corrected chi connectivity index (χ3v) is 2.75. The van der Waals surface area contributed by atoms with Crippen molar-refractivity contribution in [2.45, 2.75) is 19.3 Å². The first-order valence-corrected chi connectivity index (χ1v) is 4.31. The Balaban J connectivity index is 2.15. The average molecular weight is 150 g/mol. The molecule has 2 aliphatic rings. The lowest BCUT2D eigenvalue weighted by Crippen LogP contribution is -2.35. The summed E-state index contributed by atoms with van der Waals surface area (Å²) in [6.45, 7) is 5.10. The lowest BCUT2D eigenvalue weighted by atomic mass is 9.76. The fraction of sp³-hybridized carbons (Fsp3) is 0.667. The van der Waals surface area contributed by atoms with E-state index in [1.807, 2.05) is 0 Å². The van der Waals surface area contributed by atoms with E-state index < -0.39 is 0 Å². The van der Waals surface area contributed by atoms with Crippen molar-refractivity contribution in [2.24, 2.45) is 16.9 Å². The minimum absolute atomic E-state index is 0.668. The number of rotatable bonds is 0. The van der Waals surface area contributed by atoms with E-state index in [4.69, 9.17) is 0 Å². The Kier molecular flexibility index (Phi) is 1.68. The van der Waals surface area contributed by atoms with Crippen LogP contribution in [-0.2, 0) is 0 Å². The van der Waals surface area contributed by atoms with Crippen molar-refractivity contribution in [2.75, 3.05) is 6.54 Å². The van der Waals surface area contributed by atoms with Gasteiger partial charge in [0.2, 0.25) is 0 Å². The molecule has 1 fully saturated rings. The molecule has 2 atom stereocenters. The molecule has 11 heavy (non-hydrogen) atoms. The first-order chi connectivity index (χ1) is 5.38. The van der Waals surface area contributed by atoms with Crippen LogP contribution in [0.25, 0.3) is 0 Å². The number of hydrogen-bond donors (Lipinski definition) is 1. The van der Waals surface area contributed by atoms with Crippen LogP contribution in [0.5, 0.6) is 0 Å². The number of hydrogen-bond acceptors (Lipinski definition) is 2. The Morgan fingerprint density at radius 1 is 1.64 bits per heavy atom. The van der Waals surface area contributed by atoms with Gasteiger partial charge in [0, 0.05) is 24.6 Å². The van der Waals surface area contributed by atoms with Crippen molar-refractivity contribution in [3.8, 4) is 0 Å². The van der Waals surface area contributed by atoms with Crippen molar-refractivity contribution in [1.82, 2.24) is 5.43 Å². The fourth-order valence-electron chi connectivity index (χ4n) is 2.03. The first-order valence-electron chi connectivity index (χ1n) is 4.31. The average Bonchev–Trinajstić information content (AvgIpc) is 2.06. The van der Waals surface area contributed by atoms with Gasteiger partial charge in [0.25, 0.3) is 0 Å². The highest BCUT2D eigenvalue weighted by atomic mass is 15.3. The van der Waals surface area contributed by atoms with E-state index in [-0.39, 0.29) is 0 Å². The van der Waals surface area contributed by atoms with Crippen LogP contribution in [0.4, 0.5) is 0 Å². The molecule has 2 rings (SSSR count). The highest BCUT2D eigenvalue weighted by Crippen LogP contribution is 2.32. The van der Waals surface area contributed by atoms with E-state index in [2.05, 4.69) is 23.3 Å². The van der Waals surface area contributed by atoms with E-state index >= 15 is 0 Å². The van der Waals surface area contributed by atoms with Crippen molar-refractivity contribution < 1.29 is 0 Å². The minimum Gasteiger partial charge on any atom is -0.310 e. The summed E-state index contributed by atoms with van der Waals surface area (Å²) in [6.07, 6.45) is 5.87. The molecule has 0 amide bonds. The largest absolute Gasteiger partial charge is 0.310 e. The summed E-state index contributed by atoms with van der Waals surface area (Å²) in [5.74, 6) is 1.35. The monoisotopic (exact) mass is 150 g/mol. The molecule has 1 heterocycles. The van der Waals surface area contributed by atoms with Crippen molar-refractivity contribution >= 4 is 6.21 Å². The zero-order chi connectivity index (χ0) is 7.68. The molecule has 1 aliphatic carbocycles. The predicted octanol–water partition coefficient (Wildman–Crippen LogP) is 1.55. The summed E-state index contributed by atoms with van der Waals surface area (Å²) in [6, 6.07) is 0. The van der Waals surface area contributed by atoms with Crippen LogP contribution in [0, 0.1) is 11.8 Å². The molecule has 0 radical (unpaired) electrons. The zero-order valence-electron chi connectivity index (χ0n) is 6.71. The van der Waals surface area contributed by atoms with Crippen LogP contribution in [0.1, 0.15) is 19.3 Å². The molecule has 0 aromatic heterocycles. The van der Waals surface area contributed by atoms with Crippen LogP contribution >= 0.6 is 0 Å². The van der Waals surface area contributed by atoms with Gasteiger partial charge < -0.3 is 5.43 Å². The molecular formula is C9H14N2. The molecule has 0 spiro atoms. The number of hydrazone groups is 1. The molecule has 0 bridgehead atoms. The summed E-state index contributed by atoms with van der Waals surface area (Å²) in [5.41, 5.74) is 4.44. The van der Waals surface area contributed by atoms with Crippen molar-refractivity contribution in [1.29, 1.82) is 0 Å². The zero-order valence-corrected chi connectivity index (χ0v) is 6.71. The maximum Gasteiger partial charge on any atom is 0.0401 e. The van der Waals surface area contributed by atoms with Crippen molar-refractivity contribution in [3.05, 3.63) is 12.2 Å². The Bertz CT molecular complexity index is 196. The van der Waals surface area contributed by atoms with Gasteiger partial charge in [0.05, 0.1) is 0 Å². The topological polar surface area (TPSA) is 24.4 Å². The van der Waals surface area contributed by atoms with Gasteiger partial charge in [0.1, 0.15) is 0 Å². The normalized spacial score (nSPS) is 36.2. The van der Waals surface area contributed by atoms with E-state index in [1.165, 1.54) is 24.8 Å². The number of fused-ring (bicyclic) bond motifs is 1. The first kappa shape index (κ1) is 6.89. The van der Waals surface area contributed by atoms with Crippen LogP contribution in [0.2, 0.25) is 0 Å². The van der Waals surface area contributed by atoms with Gasteiger partial charge in [-0.2, -0.15) is 5.10 Å². The maximum absolute atomic E-state index is 4.10. The molecule has 1 saturated carbocycles. The second kappa shape index (κ2) is 2.68. The van der Waals surface area contributed by atoms with E-state index in [0.29, 0.717) is 11.8 Å². The second-order valence-electron chi connectivity index (χ2n) is 3.46. The van der Waals surface area contributed by atoms with Crippen LogP contribution in [-0.4, -0.2) is 12.8 Å². The summed E-state index contributed by atoms with van der Waals surface area (Å²) in [4.78, 5) is 0. The summed E-state index contributed by atoms with van der Waals surface area (Å²) >= 11 is 0. The third kappa shape index (κ3) is 1.17. The third-order valence-electron chi connectivity index (χ3n) is 2.75. The van der Waals surface area contributed by atoms with Crippen LogP contribution in [0.3, 0.4) is 0 Å². The van der Waals surface area contributed by atoms with E-state index in [0.717, 1.165) is 6.54 Å². The minimum atomic E-state index is 0.668. The number of nitrogens with one attached hydrogen (secondary N) is 1. The fourth-order valence-corrected chi connectivity index (χ4v) is 2.03. The van der Waals surface area contributed by atoms with Gasteiger partial charge in [-0.3, -0.25) is 0 Å². The van der Waals surface area contributed by atoms with Gasteiger partial charge in [0.15, 0.2) is 0 Å². The smallest absolute Gasteiger partial charge is 0.0401 e. The molecular weight excluding hydrogens is 136 g/mol. The molecule has 60 valence electrons. The summed E-state index contributed by atoms with van der Waals surface area (Å²) in [5, 5.41) is 4.08. The second-order valence-corrected chi connectivity index (χ2v) is 3.46. The molecule has 2 heteroatoms. The molecule has 2 nitrogen and oxygen atoms in total. The molecule has 0 saturated heterocycles. The summed E-state index contributed by atoms with van der Waals surface area (Å²) < 4.78 is 0. The van der Waals surface area contributed by atoms with E-state index in [9.17, 15) is 0 Å². The SMILES string of the molecule is C=C1CCC[C@@H]2C=NNCC12. The Labute approximate surface area is 67.4 Å². The maximum atomic E-state index is 4.10. The molecule has 1 N–H and O–H groups in total. The van der Waals surface area contributed by atoms with Gasteiger partial charge in [-0.25, -0.2) is 0 Å². The molecule has 1 unspecified atom stereocenters. The molecule has 0 aromatic rings. The Hall–Kier alpha value is -0.790. The van der Waals surface area contributed by atoms with Gasteiger partial charge in [-0.15, -0.1) is 0 Å². The van der Waals surface area contributed by atoms with Crippen LogP contribution < -0.4 is 5.43 Å². The molecule has 1 aliphatic heterocycles.